The van der Waals surface area contributed by atoms with Crippen LogP contribution in [0.3, 0.4) is 0 Å². The van der Waals surface area contributed by atoms with E-state index < -0.39 is 7.25 Å². The molecule has 5 rings (SSSR count). The fourth-order valence-corrected chi connectivity index (χ4v) is 3.99. The monoisotopic (exact) mass is 486 g/mol. The van der Waals surface area contributed by atoms with Crippen molar-refractivity contribution in [2.24, 2.45) is 0 Å². The minimum atomic E-state index is -6.00. The second-order valence-electron chi connectivity index (χ2n) is 8.00. The van der Waals surface area contributed by atoms with E-state index in [-0.39, 0.29) is 0 Å². The summed E-state index contributed by atoms with van der Waals surface area (Å²) in [5.74, 6) is 0. The number of nitrogen functional groups attached to an aromatic ring is 1. The number of rotatable bonds is 4. The molecule has 0 atom stereocenters. The Morgan fingerprint density at radius 2 is 0.833 bits per heavy atom. The first kappa shape index (κ1) is 24.7. The lowest BCUT2D eigenvalue weighted by Gasteiger charge is -2.13. The number of benzene rings is 4. The molecule has 0 aliphatic carbocycles. The van der Waals surface area contributed by atoms with Crippen molar-refractivity contribution in [1.82, 2.24) is 0 Å². The van der Waals surface area contributed by atoms with E-state index in [1.807, 2.05) is 36.4 Å². The zero-order valence-corrected chi connectivity index (χ0v) is 19.2. The van der Waals surface area contributed by atoms with Crippen LogP contribution >= 0.6 is 0 Å². The van der Waals surface area contributed by atoms with E-state index in [1.165, 1.54) is 11.1 Å². The molecule has 0 saturated carbocycles. The van der Waals surface area contributed by atoms with Crippen LogP contribution in [0, 0.1) is 0 Å². The standard InChI is InChI=1S/C29H23N2.BF4/c30-26-18-10-11-19-27(26)31-28(23-14-6-2-7-15-23)20-25(22-12-4-1-5-13-22)21-29(31)24-16-8-3-9-17-24;2-1(3,4)5/h1-21H,30H2;/q+1;-1. The molecule has 1 aromatic heterocycles. The summed E-state index contributed by atoms with van der Waals surface area (Å²) in [4.78, 5) is 0. The molecule has 5 aromatic rings. The van der Waals surface area contributed by atoms with Gasteiger partial charge >= 0.3 is 7.25 Å². The summed E-state index contributed by atoms with van der Waals surface area (Å²) in [7, 11) is -6.00. The predicted octanol–water partition coefficient (Wildman–Crippen LogP) is 7.85. The molecule has 0 unspecified atom stereocenters. The van der Waals surface area contributed by atoms with Crippen LogP contribution in [0.2, 0.25) is 0 Å². The van der Waals surface area contributed by atoms with Gasteiger partial charge < -0.3 is 23.0 Å². The number of hydrogen-bond donors (Lipinski definition) is 1. The summed E-state index contributed by atoms with van der Waals surface area (Å²) in [6, 6.07) is 44.0. The van der Waals surface area contributed by atoms with Crippen molar-refractivity contribution in [2.45, 2.75) is 0 Å². The van der Waals surface area contributed by atoms with Gasteiger partial charge in [0.25, 0.3) is 0 Å². The van der Waals surface area contributed by atoms with Gasteiger partial charge in [-0.2, -0.15) is 4.57 Å². The fraction of sp³-hybridized carbons (Fsp3) is 0. The maximum Gasteiger partial charge on any atom is 0.673 e. The molecule has 0 radical (unpaired) electrons. The van der Waals surface area contributed by atoms with Gasteiger partial charge in [-0.1, -0.05) is 78.9 Å². The smallest absolute Gasteiger partial charge is 0.418 e. The molecule has 1 heterocycles. The highest BCUT2D eigenvalue weighted by Gasteiger charge is 2.26. The largest absolute Gasteiger partial charge is 0.673 e. The first-order valence-electron chi connectivity index (χ1n) is 11.3. The van der Waals surface area contributed by atoms with Crippen molar-refractivity contribution in [3.05, 3.63) is 127 Å². The summed E-state index contributed by atoms with van der Waals surface area (Å²) < 4.78 is 41.3. The van der Waals surface area contributed by atoms with E-state index in [1.54, 1.807) is 0 Å². The van der Waals surface area contributed by atoms with Crippen LogP contribution in [0.1, 0.15) is 0 Å². The normalized spacial score (nSPS) is 10.9. The van der Waals surface area contributed by atoms with E-state index in [2.05, 4.69) is 95.6 Å². The zero-order valence-electron chi connectivity index (χ0n) is 19.2. The molecule has 180 valence electrons. The third kappa shape index (κ3) is 6.19. The Labute approximate surface area is 207 Å². The molecule has 36 heavy (non-hydrogen) atoms. The van der Waals surface area contributed by atoms with Gasteiger partial charge in [0.15, 0.2) is 0 Å². The number of halogens is 4. The summed E-state index contributed by atoms with van der Waals surface area (Å²) in [5, 5.41) is 0. The predicted molar refractivity (Wildman–Crippen MR) is 139 cm³/mol. The molecule has 4 aromatic carbocycles. The molecule has 0 amide bonds. The Bertz CT molecular complexity index is 1360. The van der Waals surface area contributed by atoms with Crippen molar-refractivity contribution < 1.29 is 21.8 Å². The van der Waals surface area contributed by atoms with Crippen LogP contribution in [0.5, 0.6) is 0 Å². The molecule has 0 spiro atoms. The lowest BCUT2D eigenvalue weighted by atomic mass is 9.98. The second-order valence-corrected chi connectivity index (χ2v) is 8.00. The second kappa shape index (κ2) is 10.9. The molecule has 0 saturated heterocycles. The molecule has 0 fully saturated rings. The number of pyridine rings is 1. The molecule has 0 aliphatic heterocycles. The van der Waals surface area contributed by atoms with Crippen LogP contribution in [-0.4, -0.2) is 7.25 Å². The number of aromatic nitrogens is 1. The maximum atomic E-state index is 9.75. The van der Waals surface area contributed by atoms with Gasteiger partial charge in [0.05, 0.1) is 0 Å². The fourth-order valence-electron chi connectivity index (χ4n) is 3.99. The van der Waals surface area contributed by atoms with Crippen LogP contribution in [-0.2, 0) is 0 Å². The van der Waals surface area contributed by atoms with Crippen molar-refractivity contribution in [3.63, 3.8) is 0 Å². The van der Waals surface area contributed by atoms with Gasteiger partial charge in [-0.15, -0.1) is 0 Å². The van der Waals surface area contributed by atoms with Crippen LogP contribution in [0.15, 0.2) is 127 Å². The third-order valence-electron chi connectivity index (χ3n) is 5.49. The minimum absolute atomic E-state index is 0.745. The number of hydrogen-bond acceptors (Lipinski definition) is 1. The topological polar surface area (TPSA) is 29.9 Å². The molecule has 7 heteroatoms. The highest BCUT2D eigenvalue weighted by atomic mass is 19.5. The minimum Gasteiger partial charge on any atom is -0.418 e. The molecule has 2 nitrogen and oxygen atoms in total. The lowest BCUT2D eigenvalue weighted by Crippen LogP contribution is -2.37. The van der Waals surface area contributed by atoms with Crippen LogP contribution in [0.4, 0.5) is 23.0 Å². The highest BCUT2D eigenvalue weighted by Crippen LogP contribution is 2.31. The summed E-state index contributed by atoms with van der Waals surface area (Å²) >= 11 is 0. The molecular weight excluding hydrogens is 463 g/mol. The lowest BCUT2D eigenvalue weighted by molar-refractivity contribution is -0.571. The highest BCUT2D eigenvalue weighted by molar-refractivity contribution is 6.50. The SMILES string of the molecule is F[B-](F)(F)F.Nc1ccccc1-[n+]1c(-c2ccccc2)cc(-c2ccccc2)cc1-c1ccccc1. The average molecular weight is 486 g/mol. The van der Waals surface area contributed by atoms with E-state index in [4.69, 9.17) is 5.73 Å². The van der Waals surface area contributed by atoms with E-state index >= 15 is 0 Å². The van der Waals surface area contributed by atoms with E-state index in [0.717, 1.165) is 33.9 Å². The summed E-state index contributed by atoms with van der Waals surface area (Å²) in [5.41, 5.74) is 15.0. The van der Waals surface area contributed by atoms with Gasteiger partial charge in [0.2, 0.25) is 17.1 Å². The number of nitrogens with two attached hydrogens (primary N) is 1. The first-order valence-corrected chi connectivity index (χ1v) is 11.3. The zero-order chi connectivity index (χ0) is 25.5. The average Bonchev–Trinajstić information content (AvgIpc) is 2.89. The Kier molecular flexibility index (Phi) is 7.49. The Hall–Kier alpha value is -4.39. The van der Waals surface area contributed by atoms with Gasteiger partial charge in [-0.3, -0.25) is 0 Å². The Morgan fingerprint density at radius 1 is 0.472 bits per heavy atom. The summed E-state index contributed by atoms with van der Waals surface area (Å²) in [6.07, 6.45) is 0. The number of para-hydroxylation sites is 2. The third-order valence-corrected chi connectivity index (χ3v) is 5.49. The number of nitrogens with zero attached hydrogens (tertiary/aromatic N) is 1. The van der Waals surface area contributed by atoms with E-state index in [9.17, 15) is 17.3 Å². The van der Waals surface area contributed by atoms with Crippen molar-refractivity contribution in [1.29, 1.82) is 0 Å². The van der Waals surface area contributed by atoms with Gasteiger partial charge in [0.1, 0.15) is 5.69 Å². The van der Waals surface area contributed by atoms with Crippen molar-refractivity contribution in [2.75, 3.05) is 5.73 Å². The first-order chi connectivity index (χ1) is 17.3. The van der Waals surface area contributed by atoms with Crippen molar-refractivity contribution >= 4 is 12.9 Å². The van der Waals surface area contributed by atoms with Gasteiger partial charge in [0, 0.05) is 29.3 Å². The van der Waals surface area contributed by atoms with Crippen LogP contribution < -0.4 is 10.3 Å². The van der Waals surface area contributed by atoms with Gasteiger partial charge in [-0.05, 0) is 41.5 Å². The number of anilines is 1. The van der Waals surface area contributed by atoms with Crippen LogP contribution in [0.25, 0.3) is 39.3 Å². The molecule has 2 N–H and O–H groups in total. The molecular formula is C29H23BF4N2. The summed E-state index contributed by atoms with van der Waals surface area (Å²) in [6.45, 7) is 0. The Morgan fingerprint density at radius 3 is 1.25 bits per heavy atom. The maximum absolute atomic E-state index is 9.75. The quantitative estimate of drug-likeness (QED) is 0.119. The molecule has 0 aliphatic rings. The van der Waals surface area contributed by atoms with Gasteiger partial charge in [-0.25, -0.2) is 0 Å². The van der Waals surface area contributed by atoms with E-state index in [0.29, 0.717) is 0 Å². The Balaban J connectivity index is 0.000000556. The molecule has 0 bridgehead atoms. The van der Waals surface area contributed by atoms with Crippen molar-refractivity contribution in [3.8, 4) is 39.3 Å².